The minimum atomic E-state index is -0.604. The van der Waals surface area contributed by atoms with Crippen molar-refractivity contribution in [1.29, 1.82) is 0 Å². The first kappa shape index (κ1) is 23.3. The molecule has 0 aliphatic rings. The van der Waals surface area contributed by atoms with Gasteiger partial charge in [0.05, 0.1) is 34.7 Å². The summed E-state index contributed by atoms with van der Waals surface area (Å²) in [5, 5.41) is 10.2. The highest BCUT2D eigenvalue weighted by Crippen LogP contribution is 2.34. The molecule has 0 bridgehead atoms. The van der Waals surface area contributed by atoms with Gasteiger partial charge >= 0.3 is 0 Å². The molecule has 0 aliphatic heterocycles. The molecule has 1 amide bonds. The van der Waals surface area contributed by atoms with Crippen molar-refractivity contribution in [3.63, 3.8) is 0 Å². The second kappa shape index (κ2) is 9.48. The van der Waals surface area contributed by atoms with Crippen LogP contribution in [0, 0.1) is 5.82 Å². The summed E-state index contributed by atoms with van der Waals surface area (Å²) in [4.78, 5) is 37.8. The number of halogens is 1. The van der Waals surface area contributed by atoms with Gasteiger partial charge in [-0.1, -0.05) is 24.3 Å². The lowest BCUT2D eigenvalue weighted by atomic mass is 10.1. The van der Waals surface area contributed by atoms with E-state index in [1.807, 2.05) is 30.3 Å². The zero-order valence-electron chi connectivity index (χ0n) is 20.6. The number of benzene rings is 1. The molecule has 0 saturated heterocycles. The Morgan fingerprint density at radius 3 is 2.60 bits per heavy atom. The van der Waals surface area contributed by atoms with Crippen LogP contribution in [-0.4, -0.2) is 46.0 Å². The summed E-state index contributed by atoms with van der Waals surface area (Å²) in [6.07, 6.45) is 7.84. The fourth-order valence-corrected chi connectivity index (χ4v) is 4.53. The van der Waals surface area contributed by atoms with E-state index in [-0.39, 0.29) is 22.7 Å². The maximum atomic E-state index is 16.1. The van der Waals surface area contributed by atoms with E-state index in [9.17, 15) is 4.79 Å². The van der Waals surface area contributed by atoms with Crippen LogP contribution in [-0.2, 0) is 0 Å². The van der Waals surface area contributed by atoms with Crippen molar-refractivity contribution in [2.45, 2.75) is 0 Å². The number of rotatable bonds is 5. The van der Waals surface area contributed by atoms with Crippen molar-refractivity contribution < 1.29 is 9.18 Å². The monoisotopic (exact) mass is 527 g/mol. The lowest BCUT2D eigenvalue weighted by Gasteiger charge is -2.08. The molecule has 192 valence electrons. The molecule has 0 unspecified atom stereocenters. The molecule has 40 heavy (non-hydrogen) atoms. The Morgan fingerprint density at radius 1 is 0.875 bits per heavy atom. The van der Waals surface area contributed by atoms with Crippen molar-refractivity contribution >= 4 is 33.7 Å². The fourth-order valence-electron chi connectivity index (χ4n) is 4.53. The molecule has 0 saturated carbocycles. The molecule has 0 atom stereocenters. The molecule has 3 N–H and O–H groups in total. The average Bonchev–Trinajstić information content (AvgIpc) is 3.63. The zero-order valence-corrected chi connectivity index (χ0v) is 20.6. The van der Waals surface area contributed by atoms with Crippen LogP contribution in [0.2, 0.25) is 0 Å². The van der Waals surface area contributed by atoms with Crippen LogP contribution in [0.3, 0.4) is 0 Å². The van der Waals surface area contributed by atoms with Crippen LogP contribution in [0.4, 0.5) is 10.1 Å². The standard InChI is InChI=1S/C29H18FN9O/c30-23-22-21(15-34-24(23)17-12-18(14-31-13-17)35-29(40)16-6-2-1-3-7-16)38-39-26(22)28-36-25-19(9-11-33-27(25)37-28)20-8-4-5-10-32-20/h1-15H,(H,35,40)(H,38,39)(H,33,36,37). The number of pyridine rings is 4. The molecular weight excluding hydrogens is 509 g/mol. The summed E-state index contributed by atoms with van der Waals surface area (Å²) in [5.41, 5.74) is 4.67. The van der Waals surface area contributed by atoms with Crippen LogP contribution in [0.5, 0.6) is 0 Å². The second-order valence-corrected chi connectivity index (χ2v) is 8.92. The molecule has 1 aromatic carbocycles. The molecule has 7 rings (SSSR count). The van der Waals surface area contributed by atoms with E-state index in [0.717, 1.165) is 11.3 Å². The predicted molar refractivity (Wildman–Crippen MR) is 148 cm³/mol. The summed E-state index contributed by atoms with van der Waals surface area (Å²) in [5.74, 6) is -0.563. The van der Waals surface area contributed by atoms with Crippen LogP contribution in [0.1, 0.15) is 10.4 Å². The number of nitrogens with zero attached hydrogens (tertiary/aromatic N) is 6. The SMILES string of the molecule is O=C(Nc1cncc(-c2ncc3[nH]nc(-c4nc5c(-c6ccccn6)ccnc5[nH]4)c3c2F)c1)c1ccccc1. The number of aromatic amines is 2. The number of carbonyl (C=O) groups excluding carboxylic acids is 1. The highest BCUT2D eigenvalue weighted by atomic mass is 19.1. The number of imidazole rings is 1. The molecule has 11 heteroatoms. The van der Waals surface area contributed by atoms with Crippen molar-refractivity contribution in [3.8, 4) is 34.0 Å². The number of fused-ring (bicyclic) bond motifs is 2. The number of amides is 1. The smallest absolute Gasteiger partial charge is 0.255 e. The quantitative estimate of drug-likeness (QED) is 0.272. The Labute approximate surface area is 225 Å². The molecule has 6 heterocycles. The Morgan fingerprint density at radius 2 is 1.75 bits per heavy atom. The van der Waals surface area contributed by atoms with Gasteiger partial charge in [-0.2, -0.15) is 5.10 Å². The third-order valence-corrected chi connectivity index (χ3v) is 6.40. The topological polar surface area (TPSA) is 138 Å². The number of hydrogen-bond donors (Lipinski definition) is 3. The number of aromatic nitrogens is 8. The van der Waals surface area contributed by atoms with Crippen LogP contribution in [0.25, 0.3) is 56.1 Å². The van der Waals surface area contributed by atoms with E-state index in [0.29, 0.717) is 39.3 Å². The minimum Gasteiger partial charge on any atom is -0.321 e. The van der Waals surface area contributed by atoms with Gasteiger partial charge in [0.1, 0.15) is 16.9 Å². The molecular formula is C29H18FN9O. The molecule has 0 aliphatic carbocycles. The zero-order chi connectivity index (χ0) is 27.1. The number of carbonyl (C=O) groups is 1. The first-order chi connectivity index (χ1) is 19.7. The van der Waals surface area contributed by atoms with Gasteiger partial charge in [0.15, 0.2) is 17.3 Å². The molecule has 7 aromatic rings. The van der Waals surface area contributed by atoms with Gasteiger partial charge < -0.3 is 10.3 Å². The van der Waals surface area contributed by atoms with Gasteiger partial charge in [-0.25, -0.2) is 14.4 Å². The molecule has 0 spiro atoms. The maximum Gasteiger partial charge on any atom is 0.255 e. The highest BCUT2D eigenvalue weighted by molar-refractivity contribution is 6.04. The summed E-state index contributed by atoms with van der Waals surface area (Å²) >= 11 is 0. The third-order valence-electron chi connectivity index (χ3n) is 6.40. The van der Waals surface area contributed by atoms with Crippen molar-refractivity contribution in [1.82, 2.24) is 40.1 Å². The number of anilines is 1. The summed E-state index contributed by atoms with van der Waals surface area (Å²) in [6, 6.07) is 17.9. The Kier molecular flexibility index (Phi) is 5.52. The molecule has 0 radical (unpaired) electrons. The number of hydrogen-bond acceptors (Lipinski definition) is 7. The first-order valence-corrected chi connectivity index (χ1v) is 12.3. The Balaban J connectivity index is 1.29. The van der Waals surface area contributed by atoms with Crippen molar-refractivity contribution in [2.75, 3.05) is 5.32 Å². The van der Waals surface area contributed by atoms with E-state index in [1.165, 1.54) is 18.6 Å². The van der Waals surface area contributed by atoms with Gasteiger partial charge in [-0.05, 0) is 36.4 Å². The Hall–Kier alpha value is -5.84. The van der Waals surface area contributed by atoms with Gasteiger partial charge in [0, 0.05) is 35.3 Å². The molecule has 0 fully saturated rings. The lowest BCUT2D eigenvalue weighted by Crippen LogP contribution is -2.11. The average molecular weight is 528 g/mol. The van der Waals surface area contributed by atoms with E-state index in [1.54, 1.807) is 42.7 Å². The van der Waals surface area contributed by atoms with E-state index < -0.39 is 5.82 Å². The maximum absolute atomic E-state index is 16.1. The fraction of sp³-hybridized carbons (Fsp3) is 0. The minimum absolute atomic E-state index is 0.0573. The molecule has 6 aromatic heterocycles. The highest BCUT2D eigenvalue weighted by Gasteiger charge is 2.22. The Bertz CT molecular complexity index is 2020. The van der Waals surface area contributed by atoms with Crippen molar-refractivity contribution in [2.24, 2.45) is 0 Å². The van der Waals surface area contributed by atoms with Gasteiger partial charge in [0.2, 0.25) is 0 Å². The lowest BCUT2D eigenvalue weighted by molar-refractivity contribution is 0.102. The largest absolute Gasteiger partial charge is 0.321 e. The summed E-state index contributed by atoms with van der Waals surface area (Å²) in [6.45, 7) is 0. The number of nitrogens with one attached hydrogen (secondary N) is 3. The van der Waals surface area contributed by atoms with Gasteiger partial charge in [-0.3, -0.25) is 24.8 Å². The van der Waals surface area contributed by atoms with E-state index in [4.69, 9.17) is 4.98 Å². The number of H-pyrrole nitrogens is 2. The van der Waals surface area contributed by atoms with E-state index >= 15 is 4.39 Å². The normalized spacial score (nSPS) is 11.2. The first-order valence-electron chi connectivity index (χ1n) is 12.3. The predicted octanol–water partition coefficient (Wildman–Crippen LogP) is 5.41. The van der Waals surface area contributed by atoms with Crippen LogP contribution in [0.15, 0.2) is 91.6 Å². The molecule has 10 nitrogen and oxygen atoms in total. The second-order valence-electron chi connectivity index (χ2n) is 8.92. The van der Waals surface area contributed by atoms with Crippen LogP contribution >= 0.6 is 0 Å². The summed E-state index contributed by atoms with van der Waals surface area (Å²) < 4.78 is 16.1. The van der Waals surface area contributed by atoms with Crippen molar-refractivity contribution in [3.05, 3.63) is 103 Å². The summed E-state index contributed by atoms with van der Waals surface area (Å²) in [7, 11) is 0. The van der Waals surface area contributed by atoms with Gasteiger partial charge in [-0.15, -0.1) is 0 Å². The van der Waals surface area contributed by atoms with Crippen LogP contribution < -0.4 is 5.32 Å². The van der Waals surface area contributed by atoms with E-state index in [2.05, 4.69) is 40.4 Å². The third kappa shape index (κ3) is 4.02. The van der Waals surface area contributed by atoms with Gasteiger partial charge in [0.25, 0.3) is 5.91 Å².